The Morgan fingerprint density at radius 2 is 1.18 bits per heavy atom. The Morgan fingerprint density at radius 1 is 0.682 bits per heavy atom. The Morgan fingerprint density at radius 3 is 1.68 bits per heavy atom. The minimum Gasteiger partial charge on any atom is -0.144 e. The fourth-order valence-corrected chi connectivity index (χ4v) is 6.26. The number of hydrogen-bond acceptors (Lipinski definition) is 2. The van der Waals surface area contributed by atoms with Crippen LogP contribution >= 0.6 is 22.7 Å². The van der Waals surface area contributed by atoms with E-state index in [1.807, 2.05) is 22.7 Å². The zero-order valence-corrected chi connectivity index (χ0v) is 13.6. The van der Waals surface area contributed by atoms with E-state index in [9.17, 15) is 0 Å². The molecule has 22 heavy (non-hydrogen) atoms. The van der Waals surface area contributed by atoms with E-state index < -0.39 is 0 Å². The SMILES string of the molecule is c1cc2cc3c(cc2s1)CC1c2cc4ccsc4cc2CC31. The smallest absolute Gasteiger partial charge is 0.0345 e. The van der Waals surface area contributed by atoms with Crippen LogP contribution in [0.3, 0.4) is 0 Å². The highest BCUT2D eigenvalue weighted by atomic mass is 32.1. The fourth-order valence-electron chi connectivity index (χ4n) is 4.59. The zero-order valence-electron chi connectivity index (χ0n) is 12.0. The molecule has 0 N–H and O–H groups in total. The van der Waals surface area contributed by atoms with Gasteiger partial charge in [-0.15, -0.1) is 22.7 Å². The van der Waals surface area contributed by atoms with Gasteiger partial charge in [0.2, 0.25) is 0 Å². The van der Waals surface area contributed by atoms with Crippen molar-refractivity contribution in [3.63, 3.8) is 0 Å². The maximum Gasteiger partial charge on any atom is 0.0345 e. The van der Waals surface area contributed by atoms with Gasteiger partial charge in [0.25, 0.3) is 0 Å². The topological polar surface area (TPSA) is 0 Å². The second-order valence-electron chi connectivity index (χ2n) is 6.64. The molecule has 0 spiro atoms. The summed E-state index contributed by atoms with van der Waals surface area (Å²) < 4.78 is 2.90. The molecule has 0 radical (unpaired) electrons. The maximum absolute atomic E-state index is 2.47. The summed E-state index contributed by atoms with van der Waals surface area (Å²) in [6.45, 7) is 0. The van der Waals surface area contributed by atoms with Gasteiger partial charge in [0.05, 0.1) is 0 Å². The van der Waals surface area contributed by atoms with E-state index in [1.54, 1.807) is 22.3 Å². The Bertz CT molecular complexity index is 964. The molecule has 0 saturated heterocycles. The average molecular weight is 318 g/mol. The van der Waals surface area contributed by atoms with Crippen molar-refractivity contribution in [3.05, 3.63) is 69.4 Å². The minimum atomic E-state index is 0.714. The number of fused-ring (bicyclic) bond motifs is 7. The van der Waals surface area contributed by atoms with Gasteiger partial charge in [0.15, 0.2) is 0 Å². The molecule has 2 unspecified atom stereocenters. The van der Waals surface area contributed by atoms with E-state index in [-0.39, 0.29) is 0 Å². The number of hydrogen-bond donors (Lipinski definition) is 0. The Hall–Kier alpha value is -1.64. The van der Waals surface area contributed by atoms with Crippen LogP contribution in [0.1, 0.15) is 34.1 Å². The maximum atomic E-state index is 2.47. The first-order valence-electron chi connectivity index (χ1n) is 7.87. The summed E-state index contributed by atoms with van der Waals surface area (Å²) in [6.07, 6.45) is 2.47. The number of thiophene rings is 2. The number of benzene rings is 2. The molecule has 2 aliphatic rings. The quantitative estimate of drug-likeness (QED) is 0.368. The first-order valence-corrected chi connectivity index (χ1v) is 9.63. The summed E-state index contributed by atoms with van der Waals surface area (Å²) in [5.41, 5.74) is 6.44. The molecule has 0 fully saturated rings. The molecular formula is C20H14S2. The van der Waals surface area contributed by atoms with Gasteiger partial charge < -0.3 is 0 Å². The van der Waals surface area contributed by atoms with Gasteiger partial charge in [0.1, 0.15) is 0 Å². The lowest BCUT2D eigenvalue weighted by molar-refractivity contribution is 0.633. The van der Waals surface area contributed by atoms with Crippen LogP contribution in [0.2, 0.25) is 0 Å². The summed E-state index contributed by atoms with van der Waals surface area (Å²) in [7, 11) is 0. The van der Waals surface area contributed by atoms with E-state index >= 15 is 0 Å². The Kier molecular flexibility index (Phi) is 2.16. The average Bonchev–Trinajstić information content (AvgIpc) is 3.25. The van der Waals surface area contributed by atoms with Crippen LogP contribution in [-0.4, -0.2) is 0 Å². The van der Waals surface area contributed by atoms with E-state index in [1.165, 1.54) is 33.0 Å². The molecule has 106 valence electrons. The van der Waals surface area contributed by atoms with E-state index in [0.717, 1.165) is 0 Å². The van der Waals surface area contributed by atoms with Crippen LogP contribution in [-0.2, 0) is 12.8 Å². The third kappa shape index (κ3) is 1.42. The molecule has 0 aliphatic heterocycles. The molecule has 0 bridgehead atoms. The summed E-state index contributed by atoms with van der Waals surface area (Å²) >= 11 is 3.74. The normalized spacial score (nSPS) is 22.2. The molecule has 2 heterocycles. The summed E-state index contributed by atoms with van der Waals surface area (Å²) in [5, 5.41) is 7.30. The molecular weight excluding hydrogens is 304 g/mol. The summed E-state index contributed by atoms with van der Waals surface area (Å²) in [6, 6.07) is 14.4. The highest BCUT2D eigenvalue weighted by Crippen LogP contribution is 2.53. The third-order valence-electron chi connectivity index (χ3n) is 5.59. The van der Waals surface area contributed by atoms with Crippen LogP contribution in [0.4, 0.5) is 0 Å². The van der Waals surface area contributed by atoms with Crippen molar-refractivity contribution in [2.75, 3.05) is 0 Å². The van der Waals surface area contributed by atoms with Crippen molar-refractivity contribution in [1.82, 2.24) is 0 Å². The van der Waals surface area contributed by atoms with Crippen LogP contribution in [0.25, 0.3) is 20.2 Å². The first kappa shape index (κ1) is 11.9. The highest BCUT2D eigenvalue weighted by Gasteiger charge is 2.40. The second kappa shape index (κ2) is 4.01. The predicted octanol–water partition coefficient (Wildman–Crippen LogP) is 6.10. The molecule has 0 saturated carbocycles. The molecule has 2 aromatic heterocycles. The lowest BCUT2D eigenvalue weighted by atomic mass is 9.93. The van der Waals surface area contributed by atoms with Gasteiger partial charge in [-0.2, -0.15) is 0 Å². The monoisotopic (exact) mass is 318 g/mol. The standard InChI is InChI=1S/C20H14S2/c1-3-21-19-9-13-7-18-16-6-12-2-4-22-20(12)10-14(16)8-17(18)15(13)5-11(1)19/h1-6,9-10,17-18H,7-8H2. The lowest BCUT2D eigenvalue weighted by Gasteiger charge is -2.10. The van der Waals surface area contributed by atoms with Crippen molar-refractivity contribution < 1.29 is 0 Å². The molecule has 4 aromatic rings. The highest BCUT2D eigenvalue weighted by molar-refractivity contribution is 7.17. The van der Waals surface area contributed by atoms with Crippen LogP contribution in [0, 0.1) is 0 Å². The molecule has 0 amide bonds. The van der Waals surface area contributed by atoms with Gasteiger partial charge in [-0.1, -0.05) is 0 Å². The van der Waals surface area contributed by atoms with Crippen LogP contribution in [0.15, 0.2) is 47.2 Å². The largest absolute Gasteiger partial charge is 0.144 e. The van der Waals surface area contributed by atoms with Crippen molar-refractivity contribution >= 4 is 42.8 Å². The van der Waals surface area contributed by atoms with E-state index in [2.05, 4.69) is 47.2 Å². The minimum absolute atomic E-state index is 0.714. The van der Waals surface area contributed by atoms with Gasteiger partial charge in [-0.25, -0.2) is 0 Å². The molecule has 2 aromatic carbocycles. The molecule has 2 heteroatoms. The lowest BCUT2D eigenvalue weighted by Crippen LogP contribution is -1.98. The molecule has 2 atom stereocenters. The summed E-state index contributed by atoms with van der Waals surface area (Å²) in [4.78, 5) is 0. The van der Waals surface area contributed by atoms with E-state index in [4.69, 9.17) is 0 Å². The predicted molar refractivity (Wildman–Crippen MR) is 96.5 cm³/mol. The zero-order chi connectivity index (χ0) is 14.3. The van der Waals surface area contributed by atoms with Crippen molar-refractivity contribution in [1.29, 1.82) is 0 Å². The molecule has 0 nitrogen and oxygen atoms in total. The Balaban J connectivity index is 1.55. The molecule has 2 aliphatic carbocycles. The summed E-state index contributed by atoms with van der Waals surface area (Å²) in [5.74, 6) is 1.43. The second-order valence-corrected chi connectivity index (χ2v) is 8.54. The molecule has 6 rings (SSSR count). The first-order chi connectivity index (χ1) is 10.9. The van der Waals surface area contributed by atoms with Crippen molar-refractivity contribution in [2.24, 2.45) is 0 Å². The van der Waals surface area contributed by atoms with Gasteiger partial charge in [0, 0.05) is 9.40 Å². The number of rotatable bonds is 0. The van der Waals surface area contributed by atoms with Gasteiger partial charge >= 0.3 is 0 Å². The van der Waals surface area contributed by atoms with Gasteiger partial charge in [-0.05, 0) is 105 Å². The van der Waals surface area contributed by atoms with E-state index in [0.29, 0.717) is 11.8 Å². The fraction of sp³-hybridized carbons (Fsp3) is 0.200. The van der Waals surface area contributed by atoms with Crippen molar-refractivity contribution in [3.8, 4) is 0 Å². The van der Waals surface area contributed by atoms with Crippen LogP contribution < -0.4 is 0 Å². The van der Waals surface area contributed by atoms with Crippen molar-refractivity contribution in [2.45, 2.75) is 24.7 Å². The van der Waals surface area contributed by atoms with Crippen LogP contribution in [0.5, 0.6) is 0 Å². The van der Waals surface area contributed by atoms with Gasteiger partial charge in [-0.3, -0.25) is 0 Å². The third-order valence-corrected chi connectivity index (χ3v) is 7.35. The Labute approximate surface area is 137 Å².